The third kappa shape index (κ3) is 2.18. The lowest BCUT2D eigenvalue weighted by atomic mass is 10.0. The number of hydrogen-bond acceptors (Lipinski definition) is 4. The van der Waals surface area contributed by atoms with Crippen molar-refractivity contribution in [1.29, 1.82) is 0 Å². The Kier molecular flexibility index (Phi) is 3.25. The normalized spacial score (nSPS) is 12.8. The Morgan fingerprint density at radius 1 is 1.31 bits per heavy atom. The molecule has 1 atom stereocenters. The van der Waals surface area contributed by atoms with E-state index in [9.17, 15) is 5.11 Å². The summed E-state index contributed by atoms with van der Waals surface area (Å²) >= 11 is 0. The van der Waals surface area contributed by atoms with Crippen LogP contribution < -0.4 is 5.73 Å². The molecule has 0 heterocycles. The van der Waals surface area contributed by atoms with Crippen molar-refractivity contribution in [3.8, 4) is 5.75 Å². The van der Waals surface area contributed by atoms with Gasteiger partial charge >= 0.3 is 0 Å². The minimum absolute atomic E-state index is 0.0405. The number of aliphatic hydroxyl groups excluding tert-OH is 2. The molecule has 0 spiro atoms. The molecule has 0 amide bonds. The standard InChI is InChI=1S/C9H13NO3/c10-8(5-12)7-3-6(4-11)1-2-9(7)13/h1-3,8,11-13H,4-5,10H2/t8-/m0/s1. The quantitative estimate of drug-likeness (QED) is 0.526. The van der Waals surface area contributed by atoms with Crippen LogP contribution in [-0.4, -0.2) is 21.9 Å². The van der Waals surface area contributed by atoms with Gasteiger partial charge in [-0.15, -0.1) is 0 Å². The topological polar surface area (TPSA) is 86.7 Å². The summed E-state index contributed by atoms with van der Waals surface area (Å²) in [6.45, 7) is -0.339. The van der Waals surface area contributed by atoms with Crippen LogP contribution in [-0.2, 0) is 6.61 Å². The van der Waals surface area contributed by atoms with E-state index >= 15 is 0 Å². The SMILES string of the molecule is N[C@@H](CO)c1cc(CO)ccc1O. The molecule has 4 nitrogen and oxygen atoms in total. The van der Waals surface area contributed by atoms with E-state index in [2.05, 4.69) is 0 Å². The maximum absolute atomic E-state index is 9.36. The fourth-order valence-corrected chi connectivity index (χ4v) is 1.10. The van der Waals surface area contributed by atoms with Crippen molar-refractivity contribution < 1.29 is 15.3 Å². The van der Waals surface area contributed by atoms with Crippen molar-refractivity contribution in [2.45, 2.75) is 12.6 Å². The van der Waals surface area contributed by atoms with Gasteiger partial charge < -0.3 is 21.1 Å². The molecular weight excluding hydrogens is 170 g/mol. The second-order valence-corrected chi connectivity index (χ2v) is 2.84. The van der Waals surface area contributed by atoms with Crippen LogP contribution in [0.1, 0.15) is 17.2 Å². The summed E-state index contributed by atoms with van der Waals surface area (Å²) < 4.78 is 0. The third-order valence-corrected chi connectivity index (χ3v) is 1.87. The molecule has 1 aromatic rings. The lowest BCUT2D eigenvalue weighted by Crippen LogP contribution is -2.14. The fraction of sp³-hybridized carbons (Fsp3) is 0.333. The summed E-state index contributed by atoms with van der Waals surface area (Å²) in [5.41, 5.74) is 6.64. The zero-order valence-corrected chi connectivity index (χ0v) is 7.14. The van der Waals surface area contributed by atoms with Crippen LogP contribution >= 0.6 is 0 Å². The first kappa shape index (κ1) is 9.98. The van der Waals surface area contributed by atoms with Crippen LogP contribution in [0.4, 0.5) is 0 Å². The van der Waals surface area contributed by atoms with Gasteiger partial charge in [-0.2, -0.15) is 0 Å². The molecule has 0 bridgehead atoms. The van der Waals surface area contributed by atoms with Gasteiger partial charge in [0.2, 0.25) is 0 Å². The molecule has 0 aromatic heterocycles. The smallest absolute Gasteiger partial charge is 0.120 e. The van der Waals surface area contributed by atoms with Crippen molar-refractivity contribution in [3.05, 3.63) is 29.3 Å². The molecule has 0 unspecified atom stereocenters. The molecule has 4 heteroatoms. The van der Waals surface area contributed by atoms with Crippen LogP contribution in [0.3, 0.4) is 0 Å². The molecule has 13 heavy (non-hydrogen) atoms. The molecule has 0 aliphatic carbocycles. The van der Waals surface area contributed by atoms with Crippen molar-refractivity contribution in [1.82, 2.24) is 0 Å². The van der Waals surface area contributed by atoms with E-state index in [1.54, 1.807) is 12.1 Å². The average Bonchev–Trinajstić information content (AvgIpc) is 2.17. The summed E-state index contributed by atoms with van der Waals surface area (Å²) in [7, 11) is 0. The lowest BCUT2D eigenvalue weighted by Gasteiger charge is -2.11. The highest BCUT2D eigenvalue weighted by Crippen LogP contribution is 2.23. The maximum Gasteiger partial charge on any atom is 0.120 e. The zero-order valence-electron chi connectivity index (χ0n) is 7.14. The van der Waals surface area contributed by atoms with Gasteiger partial charge in [0, 0.05) is 5.56 Å². The zero-order chi connectivity index (χ0) is 9.84. The molecule has 0 saturated carbocycles. The third-order valence-electron chi connectivity index (χ3n) is 1.87. The highest BCUT2D eigenvalue weighted by molar-refractivity contribution is 5.38. The van der Waals surface area contributed by atoms with Crippen molar-refractivity contribution >= 4 is 0 Å². The Labute approximate surface area is 76.2 Å². The van der Waals surface area contributed by atoms with E-state index in [4.69, 9.17) is 15.9 Å². The Balaban J connectivity index is 3.03. The van der Waals surface area contributed by atoms with E-state index in [0.717, 1.165) is 0 Å². The number of nitrogens with two attached hydrogens (primary N) is 1. The van der Waals surface area contributed by atoms with Crippen LogP contribution in [0.15, 0.2) is 18.2 Å². The lowest BCUT2D eigenvalue weighted by molar-refractivity contribution is 0.263. The van der Waals surface area contributed by atoms with Gasteiger partial charge in [-0.25, -0.2) is 0 Å². The molecule has 0 fully saturated rings. The first-order valence-electron chi connectivity index (χ1n) is 3.98. The van der Waals surface area contributed by atoms with Gasteiger partial charge in [0.25, 0.3) is 0 Å². The van der Waals surface area contributed by atoms with Crippen LogP contribution in [0.5, 0.6) is 5.75 Å². The van der Waals surface area contributed by atoms with Gasteiger partial charge in [0.05, 0.1) is 19.3 Å². The summed E-state index contributed by atoms with van der Waals surface area (Å²) in [6.07, 6.45) is 0. The first-order chi connectivity index (χ1) is 6.19. The van der Waals surface area contributed by atoms with Crippen LogP contribution in [0.25, 0.3) is 0 Å². The molecule has 0 aliphatic heterocycles. The Hall–Kier alpha value is -1.10. The van der Waals surface area contributed by atoms with Gasteiger partial charge in [-0.1, -0.05) is 6.07 Å². The van der Waals surface area contributed by atoms with E-state index in [0.29, 0.717) is 11.1 Å². The number of aromatic hydroxyl groups is 1. The highest BCUT2D eigenvalue weighted by Gasteiger charge is 2.09. The highest BCUT2D eigenvalue weighted by atomic mass is 16.3. The van der Waals surface area contributed by atoms with Crippen molar-refractivity contribution in [2.24, 2.45) is 5.73 Å². The number of aliphatic hydroxyl groups is 2. The minimum atomic E-state index is -0.605. The number of phenolic OH excluding ortho intramolecular Hbond substituents is 1. The molecule has 1 rings (SSSR count). The second kappa shape index (κ2) is 4.23. The Bertz CT molecular complexity index is 288. The van der Waals surface area contributed by atoms with Gasteiger partial charge in [-0.3, -0.25) is 0 Å². The predicted octanol–water partition coefficient (Wildman–Crippen LogP) is -0.123. The van der Waals surface area contributed by atoms with Crippen molar-refractivity contribution in [2.75, 3.05) is 6.61 Å². The molecular formula is C9H13NO3. The van der Waals surface area contributed by atoms with E-state index < -0.39 is 6.04 Å². The summed E-state index contributed by atoms with van der Waals surface area (Å²) in [6, 6.07) is 4.03. The predicted molar refractivity (Wildman–Crippen MR) is 48.0 cm³/mol. The van der Waals surface area contributed by atoms with E-state index in [-0.39, 0.29) is 19.0 Å². The Morgan fingerprint density at radius 3 is 2.54 bits per heavy atom. The largest absolute Gasteiger partial charge is 0.508 e. The van der Waals surface area contributed by atoms with Gasteiger partial charge in [0.15, 0.2) is 0 Å². The second-order valence-electron chi connectivity index (χ2n) is 2.84. The molecule has 0 aliphatic rings. The Morgan fingerprint density at radius 2 is 2.00 bits per heavy atom. The molecule has 5 N–H and O–H groups in total. The molecule has 1 aromatic carbocycles. The maximum atomic E-state index is 9.36. The number of hydrogen-bond donors (Lipinski definition) is 4. The first-order valence-corrected chi connectivity index (χ1v) is 3.98. The molecule has 72 valence electrons. The van der Waals surface area contributed by atoms with E-state index in [1.807, 2.05) is 0 Å². The van der Waals surface area contributed by atoms with Crippen molar-refractivity contribution in [3.63, 3.8) is 0 Å². The molecule has 0 radical (unpaired) electrons. The minimum Gasteiger partial charge on any atom is -0.508 e. The van der Waals surface area contributed by atoms with Gasteiger partial charge in [0.1, 0.15) is 5.75 Å². The van der Waals surface area contributed by atoms with Crippen LogP contribution in [0, 0.1) is 0 Å². The van der Waals surface area contributed by atoms with Crippen LogP contribution in [0.2, 0.25) is 0 Å². The number of benzene rings is 1. The van der Waals surface area contributed by atoms with E-state index in [1.165, 1.54) is 6.07 Å². The fourth-order valence-electron chi connectivity index (χ4n) is 1.10. The average molecular weight is 183 g/mol. The number of phenols is 1. The summed E-state index contributed by atoms with van der Waals surface area (Å²) in [5.74, 6) is 0.0405. The summed E-state index contributed by atoms with van der Waals surface area (Å²) in [4.78, 5) is 0. The molecule has 0 saturated heterocycles. The number of rotatable bonds is 3. The van der Waals surface area contributed by atoms with Gasteiger partial charge in [-0.05, 0) is 17.7 Å². The summed E-state index contributed by atoms with van der Waals surface area (Å²) in [5, 5.41) is 27.0. The monoisotopic (exact) mass is 183 g/mol.